The minimum atomic E-state index is -0.428. The fourth-order valence-electron chi connectivity index (χ4n) is 1.80. The van der Waals surface area contributed by atoms with E-state index in [0.717, 1.165) is 5.56 Å². The van der Waals surface area contributed by atoms with E-state index in [4.69, 9.17) is 9.15 Å². The smallest absolute Gasteiger partial charge is 0.312 e. The third kappa shape index (κ3) is 3.12. The van der Waals surface area contributed by atoms with Gasteiger partial charge in [-0.2, -0.15) is 0 Å². The second-order valence-corrected chi connectivity index (χ2v) is 4.20. The average Bonchev–Trinajstić information content (AvgIpc) is 2.84. The number of benzene rings is 1. The fraction of sp³-hybridized carbons (Fsp3) is 0.267. The molecule has 20 heavy (non-hydrogen) atoms. The van der Waals surface area contributed by atoms with E-state index >= 15 is 0 Å². The van der Waals surface area contributed by atoms with Crippen LogP contribution >= 0.6 is 0 Å². The second-order valence-electron chi connectivity index (χ2n) is 4.20. The summed E-state index contributed by atoms with van der Waals surface area (Å²) in [6.07, 6.45) is -0.0704. The Kier molecular flexibility index (Phi) is 4.30. The number of aromatic nitrogens is 1. The molecule has 104 valence electrons. The Bertz CT molecular complexity index is 616. The maximum absolute atomic E-state index is 11.6. The van der Waals surface area contributed by atoms with E-state index in [0.29, 0.717) is 11.6 Å². The Morgan fingerprint density at radius 1 is 1.25 bits per heavy atom. The van der Waals surface area contributed by atoms with E-state index in [1.807, 2.05) is 30.3 Å². The Hall–Kier alpha value is -2.43. The van der Waals surface area contributed by atoms with E-state index in [1.54, 1.807) is 6.92 Å². The fourth-order valence-corrected chi connectivity index (χ4v) is 1.80. The Balaban J connectivity index is 2.34. The van der Waals surface area contributed by atoms with Gasteiger partial charge in [-0.1, -0.05) is 18.2 Å². The highest BCUT2D eigenvalue weighted by Gasteiger charge is 2.20. The first kappa shape index (κ1) is 14.0. The highest BCUT2D eigenvalue weighted by atomic mass is 16.5. The number of esters is 1. The molecule has 5 nitrogen and oxygen atoms in total. The van der Waals surface area contributed by atoms with Crippen molar-refractivity contribution in [2.24, 2.45) is 0 Å². The van der Waals surface area contributed by atoms with Crippen LogP contribution in [0.25, 0.3) is 11.5 Å². The third-order valence-corrected chi connectivity index (χ3v) is 2.65. The molecule has 0 saturated heterocycles. The highest BCUT2D eigenvalue weighted by Crippen LogP contribution is 2.22. The molecule has 0 atom stereocenters. The van der Waals surface area contributed by atoms with E-state index in [2.05, 4.69) is 4.98 Å². The molecular formula is C15H15NO4. The van der Waals surface area contributed by atoms with Crippen molar-refractivity contribution in [1.82, 2.24) is 4.98 Å². The SMILES string of the molecule is CCOC(=O)Cc1nc(-c2ccccc2)oc1C(C)=O. The maximum atomic E-state index is 11.6. The topological polar surface area (TPSA) is 69.4 Å². The van der Waals surface area contributed by atoms with Crippen molar-refractivity contribution in [3.05, 3.63) is 41.8 Å². The van der Waals surface area contributed by atoms with Gasteiger partial charge in [0.15, 0.2) is 11.5 Å². The molecule has 0 amide bonds. The molecular weight excluding hydrogens is 258 g/mol. The number of hydrogen-bond donors (Lipinski definition) is 0. The Morgan fingerprint density at radius 3 is 2.55 bits per heavy atom. The van der Waals surface area contributed by atoms with Crippen LogP contribution in [0.4, 0.5) is 0 Å². The quantitative estimate of drug-likeness (QED) is 0.618. The molecule has 5 heteroatoms. The second kappa shape index (κ2) is 6.14. The van der Waals surface area contributed by atoms with Crippen LogP contribution < -0.4 is 0 Å². The predicted molar refractivity (Wildman–Crippen MR) is 72.3 cm³/mol. The molecule has 2 rings (SSSR count). The number of ketones is 1. The standard InChI is InChI=1S/C15H15NO4/c1-3-19-13(18)9-12-14(10(2)17)20-15(16-12)11-7-5-4-6-8-11/h4-8H,3,9H2,1-2H3. The van der Waals surface area contributed by atoms with Crippen molar-refractivity contribution in [1.29, 1.82) is 0 Å². The molecule has 0 spiro atoms. The Morgan fingerprint density at radius 2 is 1.95 bits per heavy atom. The summed E-state index contributed by atoms with van der Waals surface area (Å²) in [5, 5.41) is 0. The minimum absolute atomic E-state index is 0.0704. The molecule has 0 unspecified atom stereocenters. The van der Waals surface area contributed by atoms with Crippen molar-refractivity contribution in [3.63, 3.8) is 0 Å². The number of carbonyl (C=O) groups excluding carboxylic acids is 2. The van der Waals surface area contributed by atoms with Crippen LogP contribution in [0, 0.1) is 0 Å². The van der Waals surface area contributed by atoms with Crippen LogP contribution in [0.1, 0.15) is 30.1 Å². The van der Waals surface area contributed by atoms with Crippen LogP contribution in [-0.4, -0.2) is 23.3 Å². The van der Waals surface area contributed by atoms with Gasteiger partial charge in [0, 0.05) is 12.5 Å². The summed E-state index contributed by atoms with van der Waals surface area (Å²) >= 11 is 0. The molecule has 0 aliphatic carbocycles. The Labute approximate surface area is 116 Å². The number of oxazole rings is 1. The molecule has 0 saturated carbocycles. The van der Waals surface area contributed by atoms with Crippen molar-refractivity contribution in [3.8, 4) is 11.5 Å². The summed E-state index contributed by atoms with van der Waals surface area (Å²) in [7, 11) is 0. The van der Waals surface area contributed by atoms with E-state index in [1.165, 1.54) is 6.92 Å². The highest BCUT2D eigenvalue weighted by molar-refractivity contribution is 5.93. The first-order valence-corrected chi connectivity index (χ1v) is 6.33. The molecule has 0 fully saturated rings. The van der Waals surface area contributed by atoms with Crippen molar-refractivity contribution < 1.29 is 18.7 Å². The predicted octanol–water partition coefficient (Wildman–Crippen LogP) is 2.65. The normalized spacial score (nSPS) is 10.3. The van der Waals surface area contributed by atoms with Gasteiger partial charge >= 0.3 is 5.97 Å². The van der Waals surface area contributed by atoms with Crippen LogP contribution in [0.3, 0.4) is 0 Å². The lowest BCUT2D eigenvalue weighted by Gasteiger charge is -1.99. The number of hydrogen-bond acceptors (Lipinski definition) is 5. The molecule has 0 bridgehead atoms. The summed E-state index contributed by atoms with van der Waals surface area (Å²) in [5.41, 5.74) is 1.07. The molecule has 0 aliphatic heterocycles. The van der Waals surface area contributed by atoms with Crippen molar-refractivity contribution in [2.75, 3.05) is 6.61 Å². The summed E-state index contributed by atoms with van der Waals surface area (Å²) in [5.74, 6) is -0.256. The average molecular weight is 273 g/mol. The van der Waals surface area contributed by atoms with Gasteiger partial charge in [-0.15, -0.1) is 0 Å². The van der Waals surface area contributed by atoms with Crippen LogP contribution in [0.5, 0.6) is 0 Å². The van der Waals surface area contributed by atoms with Gasteiger partial charge in [0.05, 0.1) is 13.0 Å². The zero-order valence-corrected chi connectivity index (χ0v) is 11.4. The van der Waals surface area contributed by atoms with Crippen molar-refractivity contribution >= 4 is 11.8 Å². The molecule has 1 heterocycles. The lowest BCUT2D eigenvalue weighted by Crippen LogP contribution is -2.10. The number of nitrogens with zero attached hydrogens (tertiary/aromatic N) is 1. The van der Waals surface area contributed by atoms with Gasteiger partial charge < -0.3 is 9.15 Å². The lowest BCUT2D eigenvalue weighted by atomic mass is 10.2. The molecule has 0 aliphatic rings. The number of Topliss-reactive ketones (excluding diaryl/α,β-unsaturated/α-hetero) is 1. The first-order chi connectivity index (χ1) is 9.61. The first-order valence-electron chi connectivity index (χ1n) is 6.33. The van der Waals surface area contributed by atoms with Gasteiger partial charge in [0.25, 0.3) is 0 Å². The molecule has 1 aromatic carbocycles. The summed E-state index contributed by atoms with van der Waals surface area (Å²) in [6.45, 7) is 3.39. The minimum Gasteiger partial charge on any atom is -0.466 e. The van der Waals surface area contributed by atoms with E-state index in [9.17, 15) is 9.59 Å². The summed E-state index contributed by atoms with van der Waals surface area (Å²) < 4.78 is 10.3. The van der Waals surface area contributed by atoms with Gasteiger partial charge in [-0.3, -0.25) is 9.59 Å². The van der Waals surface area contributed by atoms with Crippen LogP contribution in [-0.2, 0) is 16.0 Å². The van der Waals surface area contributed by atoms with Crippen molar-refractivity contribution in [2.45, 2.75) is 20.3 Å². The summed E-state index contributed by atoms with van der Waals surface area (Å²) in [6, 6.07) is 9.21. The number of carbonyl (C=O) groups is 2. The monoisotopic (exact) mass is 273 g/mol. The lowest BCUT2D eigenvalue weighted by molar-refractivity contribution is -0.142. The van der Waals surface area contributed by atoms with Gasteiger partial charge in [0.2, 0.25) is 5.89 Å². The molecule has 1 aromatic heterocycles. The van der Waals surface area contributed by atoms with Gasteiger partial charge in [-0.05, 0) is 19.1 Å². The maximum Gasteiger partial charge on any atom is 0.312 e. The van der Waals surface area contributed by atoms with Crippen LogP contribution in [0.2, 0.25) is 0 Å². The molecule has 2 aromatic rings. The third-order valence-electron chi connectivity index (χ3n) is 2.65. The van der Waals surface area contributed by atoms with E-state index < -0.39 is 5.97 Å². The molecule has 0 radical (unpaired) electrons. The van der Waals surface area contributed by atoms with Gasteiger partial charge in [-0.25, -0.2) is 4.98 Å². The largest absolute Gasteiger partial charge is 0.466 e. The van der Waals surface area contributed by atoms with E-state index in [-0.39, 0.29) is 24.6 Å². The number of ether oxygens (including phenoxy) is 1. The summed E-state index contributed by atoms with van der Waals surface area (Å²) in [4.78, 5) is 27.3. The molecule has 0 N–H and O–H groups in total. The zero-order valence-electron chi connectivity index (χ0n) is 11.4. The zero-order chi connectivity index (χ0) is 14.5. The number of rotatable bonds is 5. The van der Waals surface area contributed by atoms with Gasteiger partial charge in [0.1, 0.15) is 5.69 Å². The van der Waals surface area contributed by atoms with Crippen LogP contribution in [0.15, 0.2) is 34.7 Å².